The Kier molecular flexibility index (Phi) is 6.03. The van der Waals surface area contributed by atoms with Gasteiger partial charge in [0.2, 0.25) is 0 Å². The van der Waals surface area contributed by atoms with Gasteiger partial charge in [0.15, 0.2) is 0 Å². The molecule has 11 nitrogen and oxygen atoms in total. The molecule has 0 spiro atoms. The highest BCUT2D eigenvalue weighted by molar-refractivity contribution is 7.89. The maximum atomic E-state index is 13.1. The summed E-state index contributed by atoms with van der Waals surface area (Å²) < 4.78 is 27.6. The molecule has 0 aliphatic carbocycles. The summed E-state index contributed by atoms with van der Waals surface area (Å²) in [7, 11) is -1.50. The topological polar surface area (TPSA) is 113 Å². The van der Waals surface area contributed by atoms with Crippen molar-refractivity contribution in [1.82, 2.24) is 29.0 Å². The molecule has 32 heavy (non-hydrogen) atoms. The Labute approximate surface area is 190 Å². The van der Waals surface area contributed by atoms with Crippen LogP contribution in [-0.2, 0) is 14.9 Å². The number of carbonyl (C=O) groups excluding carboxylic acids is 1. The first kappa shape index (κ1) is 22.4. The zero-order valence-electron chi connectivity index (χ0n) is 17.8. The van der Waals surface area contributed by atoms with E-state index in [4.69, 9.17) is 16.4 Å². The van der Waals surface area contributed by atoms with Crippen LogP contribution in [0.25, 0.3) is 5.78 Å². The highest BCUT2D eigenvalue weighted by atomic mass is 35.5. The van der Waals surface area contributed by atoms with E-state index >= 15 is 0 Å². The fourth-order valence-electron chi connectivity index (χ4n) is 3.53. The summed E-state index contributed by atoms with van der Waals surface area (Å²) in [5, 5.41) is 4.25. The van der Waals surface area contributed by atoms with Gasteiger partial charge in [0.05, 0.1) is 12.1 Å². The minimum Gasteiger partial charge on any atom is -0.353 e. The number of hydrogen-bond donors (Lipinski definition) is 0. The predicted molar refractivity (Wildman–Crippen MR) is 117 cm³/mol. The fourth-order valence-corrected chi connectivity index (χ4v) is 5.00. The van der Waals surface area contributed by atoms with Gasteiger partial charge >= 0.3 is 0 Å². The molecule has 0 radical (unpaired) electrons. The number of aryl methyl sites for hydroxylation is 1. The van der Waals surface area contributed by atoms with E-state index in [2.05, 4.69) is 20.0 Å². The van der Waals surface area contributed by atoms with Gasteiger partial charge in [-0.1, -0.05) is 16.1 Å². The van der Waals surface area contributed by atoms with E-state index in [1.165, 1.54) is 38.7 Å². The third-order valence-electron chi connectivity index (χ3n) is 5.30. The number of amides is 1. The van der Waals surface area contributed by atoms with Gasteiger partial charge < -0.3 is 9.80 Å². The van der Waals surface area contributed by atoms with Gasteiger partial charge in [0.1, 0.15) is 17.0 Å². The van der Waals surface area contributed by atoms with Gasteiger partial charge in [-0.25, -0.2) is 13.4 Å². The van der Waals surface area contributed by atoms with Crippen LogP contribution in [0.2, 0.25) is 5.02 Å². The van der Waals surface area contributed by atoms with Gasteiger partial charge in [-0.15, -0.1) is 0 Å². The lowest BCUT2D eigenvalue weighted by Gasteiger charge is -2.36. The molecule has 13 heteroatoms. The average Bonchev–Trinajstić information content (AvgIpc) is 3.26. The summed E-state index contributed by atoms with van der Waals surface area (Å²) in [6.45, 7) is 3.97. The van der Waals surface area contributed by atoms with Crippen molar-refractivity contribution in [3.63, 3.8) is 0 Å². The molecule has 0 atom stereocenters. The molecule has 3 aromatic rings. The second-order valence-electron chi connectivity index (χ2n) is 7.25. The molecule has 2 aromatic heterocycles. The van der Waals surface area contributed by atoms with Crippen LogP contribution in [0, 0.1) is 6.92 Å². The van der Waals surface area contributed by atoms with E-state index in [1.54, 1.807) is 9.42 Å². The SMILES string of the molecule is CON(C)S(=O)(=O)c1cc(C(=O)N2CCN(c3cc(C)nc4ncnn34)CC2)ccc1Cl. The largest absolute Gasteiger partial charge is 0.353 e. The van der Waals surface area contributed by atoms with Gasteiger partial charge in [-0.2, -0.15) is 14.6 Å². The smallest absolute Gasteiger partial charge is 0.266 e. The van der Waals surface area contributed by atoms with Crippen LogP contribution < -0.4 is 4.90 Å². The van der Waals surface area contributed by atoms with Crippen LogP contribution in [0.15, 0.2) is 35.5 Å². The first-order valence-electron chi connectivity index (χ1n) is 9.76. The van der Waals surface area contributed by atoms with E-state index in [-0.39, 0.29) is 21.4 Å². The molecule has 1 aliphatic heterocycles. The molecule has 0 saturated carbocycles. The summed E-state index contributed by atoms with van der Waals surface area (Å²) >= 11 is 6.10. The lowest BCUT2D eigenvalue weighted by atomic mass is 10.2. The molecule has 3 heterocycles. The first-order chi connectivity index (χ1) is 15.2. The van der Waals surface area contributed by atoms with Crippen LogP contribution in [0.5, 0.6) is 0 Å². The maximum absolute atomic E-state index is 13.1. The highest BCUT2D eigenvalue weighted by Crippen LogP contribution is 2.26. The Balaban J connectivity index is 1.53. The predicted octanol–water partition coefficient (Wildman–Crippen LogP) is 1.23. The second kappa shape index (κ2) is 8.62. The summed E-state index contributed by atoms with van der Waals surface area (Å²) in [5.74, 6) is 1.11. The minimum absolute atomic E-state index is 0.0141. The Morgan fingerprint density at radius 2 is 1.91 bits per heavy atom. The number of sulfonamides is 1. The standard InChI is InChI=1S/C19H22ClN7O4S/c1-13-10-17(27-19(23-13)21-12-22-27)25-6-8-26(9-7-25)18(28)14-4-5-15(20)16(11-14)32(29,30)24(2)31-3/h4-5,10-12H,6-9H2,1-3H3. The second-order valence-corrected chi connectivity index (χ2v) is 9.56. The molecule has 1 aliphatic rings. The van der Waals surface area contributed by atoms with Crippen molar-refractivity contribution in [2.75, 3.05) is 45.2 Å². The number of rotatable bonds is 5. The van der Waals surface area contributed by atoms with Crippen molar-refractivity contribution >= 4 is 39.1 Å². The monoisotopic (exact) mass is 479 g/mol. The van der Waals surface area contributed by atoms with Crippen molar-refractivity contribution in [2.24, 2.45) is 0 Å². The lowest BCUT2D eigenvalue weighted by Crippen LogP contribution is -2.49. The normalized spacial score (nSPS) is 15.0. The molecule has 1 saturated heterocycles. The number of fused-ring (bicyclic) bond motifs is 1. The molecule has 1 aromatic carbocycles. The molecule has 0 N–H and O–H groups in total. The van der Waals surface area contributed by atoms with E-state index in [0.29, 0.717) is 36.4 Å². The first-order valence-corrected chi connectivity index (χ1v) is 11.6. The molecule has 0 bridgehead atoms. The molecule has 1 fully saturated rings. The zero-order valence-corrected chi connectivity index (χ0v) is 19.3. The summed E-state index contributed by atoms with van der Waals surface area (Å²) in [5.41, 5.74) is 1.07. The quantitative estimate of drug-likeness (QED) is 0.502. The van der Waals surface area contributed by atoms with Gasteiger partial charge in [0, 0.05) is 50.6 Å². The van der Waals surface area contributed by atoms with Crippen molar-refractivity contribution in [2.45, 2.75) is 11.8 Å². The molecular weight excluding hydrogens is 458 g/mol. The minimum atomic E-state index is -3.99. The Hall–Kier alpha value is -2.80. The number of benzene rings is 1. The summed E-state index contributed by atoms with van der Waals surface area (Å²) in [6.07, 6.45) is 1.46. The van der Waals surface area contributed by atoms with Crippen LogP contribution in [0.4, 0.5) is 5.82 Å². The van der Waals surface area contributed by atoms with Crippen molar-refractivity contribution in [1.29, 1.82) is 0 Å². The zero-order chi connectivity index (χ0) is 23.0. The molecule has 1 amide bonds. The molecule has 4 rings (SSSR count). The maximum Gasteiger partial charge on any atom is 0.266 e. The number of hydroxylamine groups is 1. The van der Waals surface area contributed by atoms with Crippen molar-refractivity contribution in [3.05, 3.63) is 46.9 Å². The number of hydrogen-bond acceptors (Lipinski definition) is 8. The number of anilines is 1. The molecule has 170 valence electrons. The van der Waals surface area contributed by atoms with Crippen LogP contribution in [0.1, 0.15) is 16.1 Å². The number of piperazine rings is 1. The Bertz CT molecular complexity index is 1270. The number of nitrogens with zero attached hydrogens (tertiary/aromatic N) is 7. The van der Waals surface area contributed by atoms with Crippen LogP contribution in [-0.4, -0.2) is 83.6 Å². The van der Waals surface area contributed by atoms with E-state index in [0.717, 1.165) is 11.5 Å². The third-order valence-corrected chi connectivity index (χ3v) is 7.46. The highest BCUT2D eigenvalue weighted by Gasteiger charge is 2.28. The van der Waals surface area contributed by atoms with Gasteiger partial charge in [-0.3, -0.25) is 9.63 Å². The van der Waals surface area contributed by atoms with Crippen LogP contribution >= 0.6 is 11.6 Å². The van der Waals surface area contributed by atoms with Gasteiger partial charge in [-0.05, 0) is 25.1 Å². The number of halogens is 1. The summed E-state index contributed by atoms with van der Waals surface area (Å²) in [6, 6.07) is 6.14. The van der Waals surface area contributed by atoms with E-state index in [9.17, 15) is 13.2 Å². The Morgan fingerprint density at radius 3 is 2.59 bits per heavy atom. The summed E-state index contributed by atoms with van der Waals surface area (Å²) in [4.78, 5) is 30.0. The number of aromatic nitrogens is 4. The van der Waals surface area contributed by atoms with E-state index in [1.807, 2.05) is 13.0 Å². The van der Waals surface area contributed by atoms with Crippen molar-refractivity contribution in [3.8, 4) is 0 Å². The van der Waals surface area contributed by atoms with Crippen molar-refractivity contribution < 1.29 is 18.0 Å². The van der Waals surface area contributed by atoms with Gasteiger partial charge in [0.25, 0.3) is 21.7 Å². The molecule has 0 unspecified atom stereocenters. The Morgan fingerprint density at radius 1 is 1.19 bits per heavy atom. The van der Waals surface area contributed by atoms with Crippen LogP contribution in [0.3, 0.4) is 0 Å². The average molecular weight is 480 g/mol. The lowest BCUT2D eigenvalue weighted by molar-refractivity contribution is -0.0258. The molecular formula is C19H22ClN7O4S. The number of carbonyl (C=O) groups is 1. The van der Waals surface area contributed by atoms with E-state index < -0.39 is 10.0 Å². The third kappa shape index (κ3) is 4.01. The fraction of sp³-hybridized carbons (Fsp3) is 0.368.